The zero-order valence-electron chi connectivity index (χ0n) is 15.8. The molecule has 3 fully saturated rings. The van der Waals surface area contributed by atoms with Crippen LogP contribution >= 0.6 is 0 Å². The molecule has 0 bridgehead atoms. The highest BCUT2D eigenvalue weighted by Gasteiger charge is 2.38. The van der Waals surface area contributed by atoms with Crippen LogP contribution in [0, 0.1) is 11.7 Å². The van der Waals surface area contributed by atoms with Gasteiger partial charge in [-0.15, -0.1) is 0 Å². The van der Waals surface area contributed by atoms with Gasteiger partial charge in [0.25, 0.3) is 0 Å². The lowest BCUT2D eigenvalue weighted by Crippen LogP contribution is -2.52. The first kappa shape index (κ1) is 18.4. The molecule has 1 aliphatic carbocycles. The SMILES string of the molecule is O=C1C[C@H](C(=O)N2CCN(C3CCCC3)CC2)CN1Cc1ccccc1F. The molecule has 3 aliphatic rings. The van der Waals surface area contributed by atoms with Crippen LogP contribution in [0.1, 0.15) is 37.7 Å². The summed E-state index contributed by atoms with van der Waals surface area (Å²) in [5.41, 5.74) is 0.504. The molecule has 6 heteroatoms. The van der Waals surface area contributed by atoms with Crippen LogP contribution in [0.3, 0.4) is 0 Å². The fourth-order valence-electron chi connectivity index (χ4n) is 4.76. The number of amides is 2. The van der Waals surface area contributed by atoms with Gasteiger partial charge >= 0.3 is 0 Å². The number of nitrogens with zero attached hydrogens (tertiary/aromatic N) is 3. The van der Waals surface area contributed by atoms with Gasteiger partial charge in [-0.2, -0.15) is 0 Å². The molecule has 1 aromatic carbocycles. The van der Waals surface area contributed by atoms with E-state index in [0.717, 1.165) is 26.2 Å². The summed E-state index contributed by atoms with van der Waals surface area (Å²) in [5, 5.41) is 0. The van der Waals surface area contributed by atoms with E-state index >= 15 is 0 Å². The number of benzene rings is 1. The van der Waals surface area contributed by atoms with Crippen molar-refractivity contribution in [1.29, 1.82) is 0 Å². The van der Waals surface area contributed by atoms with Crippen LogP contribution in [0.25, 0.3) is 0 Å². The van der Waals surface area contributed by atoms with Crippen LogP contribution in [0.5, 0.6) is 0 Å². The number of carbonyl (C=O) groups excluding carboxylic acids is 2. The summed E-state index contributed by atoms with van der Waals surface area (Å²) < 4.78 is 13.9. The molecule has 4 rings (SSSR count). The largest absolute Gasteiger partial charge is 0.340 e. The molecular weight excluding hydrogens is 345 g/mol. The first-order chi connectivity index (χ1) is 13.1. The minimum Gasteiger partial charge on any atom is -0.340 e. The average molecular weight is 373 g/mol. The third-order valence-electron chi connectivity index (χ3n) is 6.35. The average Bonchev–Trinajstić information content (AvgIpc) is 3.34. The Balaban J connectivity index is 1.31. The second kappa shape index (κ2) is 7.97. The molecule has 0 unspecified atom stereocenters. The highest BCUT2D eigenvalue weighted by molar-refractivity contribution is 5.89. The fourth-order valence-corrected chi connectivity index (χ4v) is 4.76. The van der Waals surface area contributed by atoms with E-state index in [1.54, 1.807) is 23.1 Å². The van der Waals surface area contributed by atoms with E-state index in [4.69, 9.17) is 0 Å². The van der Waals surface area contributed by atoms with E-state index in [2.05, 4.69) is 4.90 Å². The van der Waals surface area contributed by atoms with Gasteiger partial charge < -0.3 is 9.80 Å². The van der Waals surface area contributed by atoms with Crippen molar-refractivity contribution in [2.24, 2.45) is 5.92 Å². The monoisotopic (exact) mass is 373 g/mol. The Morgan fingerprint density at radius 2 is 1.78 bits per heavy atom. The lowest BCUT2D eigenvalue weighted by Gasteiger charge is -2.38. The number of hydrogen-bond acceptors (Lipinski definition) is 3. The summed E-state index contributed by atoms with van der Waals surface area (Å²) >= 11 is 0. The quantitative estimate of drug-likeness (QED) is 0.813. The highest BCUT2D eigenvalue weighted by atomic mass is 19.1. The summed E-state index contributed by atoms with van der Waals surface area (Å²) in [7, 11) is 0. The first-order valence-corrected chi connectivity index (χ1v) is 10.2. The highest BCUT2D eigenvalue weighted by Crippen LogP contribution is 2.26. The van der Waals surface area contributed by atoms with Crippen molar-refractivity contribution in [2.45, 2.75) is 44.7 Å². The van der Waals surface area contributed by atoms with E-state index in [1.165, 1.54) is 31.7 Å². The zero-order chi connectivity index (χ0) is 18.8. The van der Waals surface area contributed by atoms with Crippen molar-refractivity contribution >= 4 is 11.8 Å². The Kier molecular flexibility index (Phi) is 5.43. The van der Waals surface area contributed by atoms with Crippen molar-refractivity contribution in [3.63, 3.8) is 0 Å². The first-order valence-electron chi connectivity index (χ1n) is 10.2. The van der Waals surface area contributed by atoms with Crippen molar-refractivity contribution < 1.29 is 14.0 Å². The van der Waals surface area contributed by atoms with Crippen LogP contribution < -0.4 is 0 Å². The number of piperazine rings is 1. The van der Waals surface area contributed by atoms with Gasteiger partial charge in [0.05, 0.1) is 5.92 Å². The Morgan fingerprint density at radius 3 is 2.48 bits per heavy atom. The molecule has 1 saturated carbocycles. The third kappa shape index (κ3) is 4.00. The Bertz CT molecular complexity index is 696. The maximum absolute atomic E-state index is 13.9. The molecule has 0 N–H and O–H groups in total. The van der Waals surface area contributed by atoms with E-state index in [-0.39, 0.29) is 36.5 Å². The van der Waals surface area contributed by atoms with Gasteiger partial charge in [0.2, 0.25) is 11.8 Å². The summed E-state index contributed by atoms with van der Waals surface area (Å²) in [6.07, 6.45) is 5.47. The minimum atomic E-state index is -0.303. The standard InChI is InChI=1S/C21H28FN3O2/c22-19-8-4-1-5-16(19)14-25-15-17(13-20(25)26)21(27)24-11-9-23(10-12-24)18-6-2-3-7-18/h1,4-5,8,17-18H,2-3,6-7,9-15H2/t17-/m0/s1. The second-order valence-electron chi connectivity index (χ2n) is 8.07. The third-order valence-corrected chi connectivity index (χ3v) is 6.35. The molecule has 0 spiro atoms. The van der Waals surface area contributed by atoms with Crippen LogP contribution in [0.4, 0.5) is 4.39 Å². The van der Waals surface area contributed by atoms with E-state index in [1.807, 2.05) is 4.90 Å². The molecule has 27 heavy (non-hydrogen) atoms. The van der Waals surface area contributed by atoms with Crippen molar-refractivity contribution in [2.75, 3.05) is 32.7 Å². The summed E-state index contributed by atoms with van der Waals surface area (Å²) in [6, 6.07) is 7.21. The molecule has 2 saturated heterocycles. The molecule has 2 heterocycles. The number of rotatable bonds is 4. The lowest BCUT2D eigenvalue weighted by atomic mass is 10.1. The van der Waals surface area contributed by atoms with Gasteiger partial charge in [0.15, 0.2) is 0 Å². The van der Waals surface area contributed by atoms with Crippen molar-refractivity contribution in [1.82, 2.24) is 14.7 Å². The maximum Gasteiger partial charge on any atom is 0.228 e. The molecule has 0 aromatic heterocycles. The molecule has 2 amide bonds. The topological polar surface area (TPSA) is 43.9 Å². The zero-order valence-corrected chi connectivity index (χ0v) is 15.8. The normalized spacial score (nSPS) is 24.8. The number of carbonyl (C=O) groups is 2. The predicted octanol–water partition coefficient (Wildman–Crippen LogP) is 2.26. The van der Waals surface area contributed by atoms with Gasteiger partial charge in [-0.3, -0.25) is 14.5 Å². The summed E-state index contributed by atoms with van der Waals surface area (Å²) in [5.74, 6) is -0.558. The summed E-state index contributed by atoms with van der Waals surface area (Å²) in [6.45, 7) is 4.03. The fraction of sp³-hybridized carbons (Fsp3) is 0.619. The molecule has 2 aliphatic heterocycles. The van der Waals surface area contributed by atoms with E-state index in [0.29, 0.717) is 18.2 Å². The molecular formula is C21H28FN3O2. The van der Waals surface area contributed by atoms with Gasteiger partial charge in [0, 0.05) is 57.3 Å². The number of halogens is 1. The summed E-state index contributed by atoms with van der Waals surface area (Å²) in [4.78, 5) is 31.3. The lowest BCUT2D eigenvalue weighted by molar-refractivity contribution is -0.137. The van der Waals surface area contributed by atoms with E-state index < -0.39 is 0 Å². The Hall–Kier alpha value is -1.95. The maximum atomic E-state index is 13.9. The van der Waals surface area contributed by atoms with Crippen LogP contribution in [-0.2, 0) is 16.1 Å². The predicted molar refractivity (Wildman–Crippen MR) is 100 cm³/mol. The van der Waals surface area contributed by atoms with Gasteiger partial charge in [-0.25, -0.2) is 4.39 Å². The second-order valence-corrected chi connectivity index (χ2v) is 8.07. The Labute approximate surface area is 160 Å². The molecule has 5 nitrogen and oxygen atoms in total. The molecule has 146 valence electrons. The Morgan fingerprint density at radius 1 is 1.07 bits per heavy atom. The number of likely N-dealkylation sites (tertiary alicyclic amines) is 1. The van der Waals surface area contributed by atoms with Gasteiger partial charge in [0.1, 0.15) is 5.82 Å². The number of hydrogen-bond donors (Lipinski definition) is 0. The molecule has 1 aromatic rings. The molecule has 0 radical (unpaired) electrons. The van der Waals surface area contributed by atoms with E-state index in [9.17, 15) is 14.0 Å². The van der Waals surface area contributed by atoms with Crippen LogP contribution in [0.2, 0.25) is 0 Å². The van der Waals surface area contributed by atoms with Gasteiger partial charge in [-0.05, 0) is 18.9 Å². The van der Waals surface area contributed by atoms with Crippen molar-refractivity contribution in [3.05, 3.63) is 35.6 Å². The molecule has 1 atom stereocenters. The smallest absolute Gasteiger partial charge is 0.228 e. The van der Waals surface area contributed by atoms with Crippen molar-refractivity contribution in [3.8, 4) is 0 Å². The van der Waals surface area contributed by atoms with Crippen LogP contribution in [0.15, 0.2) is 24.3 Å². The van der Waals surface area contributed by atoms with Crippen LogP contribution in [-0.4, -0.2) is 65.3 Å². The minimum absolute atomic E-state index is 0.0544. The van der Waals surface area contributed by atoms with Gasteiger partial charge in [-0.1, -0.05) is 31.0 Å².